The molecule has 1 saturated heterocycles. The number of halogens is 3. The number of nitrogens with zero attached hydrogens (tertiary/aromatic N) is 1. The van der Waals surface area contributed by atoms with Crippen LogP contribution in [-0.2, 0) is 11.4 Å². The maximum Gasteiger partial charge on any atom is 0.264 e. The first-order valence-electron chi connectivity index (χ1n) is 9.71. The topological polar surface area (TPSA) is 59.9 Å². The molecule has 4 rings (SSSR count). The molecule has 3 aromatic rings. The minimum Gasteiger partial charge on any atom is -0.493 e. The van der Waals surface area contributed by atoms with Crippen LogP contribution in [0.4, 0.5) is 10.1 Å². The fraction of sp³-hybridized carbons (Fsp3) is 0.0833. The monoisotopic (exact) mass is 638 g/mol. The van der Waals surface area contributed by atoms with Crippen molar-refractivity contribution in [3.05, 3.63) is 90.6 Å². The molecule has 0 radical (unpaired) electrons. The molecule has 5 nitrogen and oxygen atoms in total. The van der Waals surface area contributed by atoms with Gasteiger partial charge in [-0.2, -0.15) is 0 Å². The molecular formula is C24H17BrFIN2O3S. The van der Waals surface area contributed by atoms with Crippen molar-refractivity contribution in [2.45, 2.75) is 6.61 Å². The van der Waals surface area contributed by atoms with Gasteiger partial charge in [-0.25, -0.2) is 9.38 Å². The number of thioether (sulfide) groups is 1. The van der Waals surface area contributed by atoms with Gasteiger partial charge < -0.3 is 14.8 Å². The minimum atomic E-state index is -0.338. The Hall–Kier alpha value is -2.37. The highest BCUT2D eigenvalue weighted by Crippen LogP contribution is 2.36. The third kappa shape index (κ3) is 6.15. The van der Waals surface area contributed by atoms with Gasteiger partial charge in [0.15, 0.2) is 16.7 Å². The van der Waals surface area contributed by atoms with Gasteiger partial charge in [0.1, 0.15) is 12.4 Å². The van der Waals surface area contributed by atoms with E-state index in [0.29, 0.717) is 33.9 Å². The number of carbonyl (C=O) groups is 1. The van der Waals surface area contributed by atoms with Crippen molar-refractivity contribution in [1.29, 1.82) is 0 Å². The molecule has 33 heavy (non-hydrogen) atoms. The molecule has 0 saturated carbocycles. The van der Waals surface area contributed by atoms with Gasteiger partial charge in [-0.15, -0.1) is 0 Å². The van der Waals surface area contributed by atoms with Crippen LogP contribution in [0.25, 0.3) is 6.08 Å². The first kappa shape index (κ1) is 23.8. The van der Waals surface area contributed by atoms with E-state index in [1.807, 2.05) is 36.4 Å². The molecule has 168 valence electrons. The smallest absolute Gasteiger partial charge is 0.264 e. The van der Waals surface area contributed by atoms with Crippen LogP contribution in [-0.4, -0.2) is 18.2 Å². The molecule has 3 aromatic carbocycles. The zero-order chi connectivity index (χ0) is 23.4. The first-order chi connectivity index (χ1) is 15.9. The number of carbonyl (C=O) groups excluding carboxylic acids is 1. The van der Waals surface area contributed by atoms with Crippen molar-refractivity contribution in [2.24, 2.45) is 4.99 Å². The Morgan fingerprint density at radius 2 is 1.88 bits per heavy atom. The zero-order valence-corrected chi connectivity index (χ0v) is 21.8. The van der Waals surface area contributed by atoms with Crippen molar-refractivity contribution in [2.75, 3.05) is 7.11 Å². The minimum absolute atomic E-state index is 0.245. The summed E-state index contributed by atoms with van der Waals surface area (Å²) in [6.07, 6.45) is 1.77. The second-order valence-corrected chi connectivity index (χ2v) is 10.0. The Morgan fingerprint density at radius 1 is 1.15 bits per heavy atom. The van der Waals surface area contributed by atoms with Gasteiger partial charge in [0.25, 0.3) is 5.91 Å². The van der Waals surface area contributed by atoms with Crippen molar-refractivity contribution >= 4 is 73.1 Å². The average Bonchev–Trinajstić information content (AvgIpc) is 3.13. The van der Waals surface area contributed by atoms with Gasteiger partial charge in [0, 0.05) is 4.47 Å². The summed E-state index contributed by atoms with van der Waals surface area (Å²) in [5, 5.41) is 3.17. The molecular weight excluding hydrogens is 622 g/mol. The fourth-order valence-electron chi connectivity index (χ4n) is 2.96. The van der Waals surface area contributed by atoms with E-state index in [1.165, 1.54) is 23.9 Å². The standard InChI is InChI=1S/C24H17BrFIN2O3S/c1-31-20-11-15(10-19(27)22(20)32-13-14-2-4-16(25)5-3-14)12-21-23(30)29-24(33-21)28-18-8-6-17(26)7-9-18/h2-12H,13H2,1H3,(H,28,29,30)/b21-12+. The molecule has 0 atom stereocenters. The summed E-state index contributed by atoms with van der Waals surface area (Å²) in [5.74, 6) is 0.639. The van der Waals surface area contributed by atoms with E-state index in [1.54, 1.807) is 25.3 Å². The lowest BCUT2D eigenvalue weighted by Gasteiger charge is -2.14. The summed E-state index contributed by atoms with van der Waals surface area (Å²) >= 11 is 6.84. The lowest BCUT2D eigenvalue weighted by molar-refractivity contribution is -0.115. The van der Waals surface area contributed by atoms with Crippen molar-refractivity contribution in [3.8, 4) is 11.5 Å². The Labute approximate surface area is 216 Å². The number of aliphatic imine (C=N–C) groups is 1. The van der Waals surface area contributed by atoms with Crippen LogP contribution in [0.3, 0.4) is 0 Å². The number of rotatable bonds is 6. The Bertz CT molecular complexity index is 1250. The summed E-state index contributed by atoms with van der Waals surface area (Å²) in [5.41, 5.74) is 2.39. The second kappa shape index (κ2) is 10.7. The third-order valence-electron chi connectivity index (χ3n) is 4.55. The van der Waals surface area contributed by atoms with E-state index in [2.05, 4.69) is 48.8 Å². The highest BCUT2D eigenvalue weighted by molar-refractivity contribution is 14.1. The Morgan fingerprint density at radius 3 is 2.58 bits per heavy atom. The molecule has 1 fully saturated rings. The number of hydrogen-bond donors (Lipinski definition) is 1. The Balaban J connectivity index is 1.52. The highest BCUT2D eigenvalue weighted by atomic mass is 127. The van der Waals surface area contributed by atoms with Gasteiger partial charge >= 0.3 is 0 Å². The largest absolute Gasteiger partial charge is 0.493 e. The molecule has 1 aliphatic heterocycles. The molecule has 0 aromatic heterocycles. The van der Waals surface area contributed by atoms with Crippen LogP contribution in [0.15, 0.2) is 75.0 Å². The molecule has 0 aliphatic carbocycles. The predicted octanol–water partition coefficient (Wildman–Crippen LogP) is 6.67. The van der Waals surface area contributed by atoms with E-state index in [9.17, 15) is 9.18 Å². The number of ether oxygens (including phenoxy) is 2. The summed E-state index contributed by atoms with van der Waals surface area (Å²) in [7, 11) is 1.58. The fourth-order valence-corrected chi connectivity index (χ4v) is 4.85. The molecule has 1 amide bonds. The Kier molecular flexibility index (Phi) is 7.71. The molecule has 0 unspecified atom stereocenters. The van der Waals surface area contributed by atoms with E-state index >= 15 is 0 Å². The zero-order valence-electron chi connectivity index (χ0n) is 17.3. The first-order valence-corrected chi connectivity index (χ1v) is 12.4. The predicted molar refractivity (Wildman–Crippen MR) is 141 cm³/mol. The summed E-state index contributed by atoms with van der Waals surface area (Å²) in [6, 6.07) is 17.4. The van der Waals surface area contributed by atoms with Gasteiger partial charge in [-0.1, -0.05) is 28.1 Å². The number of benzene rings is 3. The van der Waals surface area contributed by atoms with Gasteiger partial charge in [0.2, 0.25) is 0 Å². The molecule has 1 aliphatic rings. The maximum atomic E-state index is 13.1. The van der Waals surface area contributed by atoms with Crippen LogP contribution in [0.2, 0.25) is 0 Å². The van der Waals surface area contributed by atoms with Crippen molar-refractivity contribution in [3.63, 3.8) is 0 Å². The van der Waals surface area contributed by atoms with E-state index in [-0.39, 0.29) is 11.7 Å². The van der Waals surface area contributed by atoms with E-state index in [4.69, 9.17) is 9.47 Å². The second-order valence-electron chi connectivity index (χ2n) is 6.91. The third-order valence-corrected chi connectivity index (χ3v) is 6.79. The molecule has 0 bridgehead atoms. The van der Waals surface area contributed by atoms with Crippen LogP contribution in [0.1, 0.15) is 11.1 Å². The summed E-state index contributed by atoms with van der Waals surface area (Å²) in [6.45, 7) is 0.404. The van der Waals surface area contributed by atoms with Gasteiger partial charge in [0.05, 0.1) is 21.3 Å². The molecule has 1 N–H and O–H groups in total. The number of amidine groups is 1. The van der Waals surface area contributed by atoms with Gasteiger partial charge in [-0.05, 0) is 100 Å². The van der Waals surface area contributed by atoms with Crippen molar-refractivity contribution in [1.82, 2.24) is 5.32 Å². The lowest BCUT2D eigenvalue weighted by atomic mass is 10.2. The maximum absolute atomic E-state index is 13.1. The van der Waals surface area contributed by atoms with E-state index < -0.39 is 0 Å². The summed E-state index contributed by atoms with van der Waals surface area (Å²) < 4.78 is 26.5. The number of nitrogens with one attached hydrogen (secondary N) is 1. The number of methoxy groups -OCH3 is 1. The van der Waals surface area contributed by atoms with Crippen LogP contribution >= 0.6 is 50.3 Å². The lowest BCUT2D eigenvalue weighted by Crippen LogP contribution is -2.19. The van der Waals surface area contributed by atoms with E-state index in [0.717, 1.165) is 19.2 Å². The molecule has 0 spiro atoms. The van der Waals surface area contributed by atoms with Crippen LogP contribution in [0, 0.1) is 9.39 Å². The quantitative estimate of drug-likeness (QED) is 0.242. The average molecular weight is 639 g/mol. The highest BCUT2D eigenvalue weighted by Gasteiger charge is 2.24. The van der Waals surface area contributed by atoms with Gasteiger partial charge in [-0.3, -0.25) is 4.79 Å². The normalized spacial score (nSPS) is 15.7. The SMILES string of the molecule is COc1cc(/C=C2/SC(=Nc3ccc(F)cc3)NC2=O)cc(I)c1OCc1ccc(Br)cc1. The van der Waals surface area contributed by atoms with Crippen LogP contribution < -0.4 is 14.8 Å². The number of amides is 1. The van der Waals surface area contributed by atoms with Crippen molar-refractivity contribution < 1.29 is 18.7 Å². The molecule has 9 heteroatoms. The molecule has 1 heterocycles. The van der Waals surface area contributed by atoms with Crippen LogP contribution in [0.5, 0.6) is 11.5 Å². The number of hydrogen-bond acceptors (Lipinski definition) is 5. The summed E-state index contributed by atoms with van der Waals surface area (Å²) in [4.78, 5) is 17.3.